The summed E-state index contributed by atoms with van der Waals surface area (Å²) in [6.45, 7) is 2.09. The minimum Gasteiger partial charge on any atom is -1.00 e. The van der Waals surface area contributed by atoms with Crippen molar-refractivity contribution in [1.82, 2.24) is 4.90 Å². The van der Waals surface area contributed by atoms with Crippen LogP contribution < -0.4 is 56.3 Å². The van der Waals surface area contributed by atoms with Gasteiger partial charge in [0.25, 0.3) is 0 Å². The third kappa shape index (κ3) is 4.31. The van der Waals surface area contributed by atoms with Crippen LogP contribution in [0.25, 0.3) is 0 Å². The van der Waals surface area contributed by atoms with Gasteiger partial charge >= 0.3 is 51.4 Å². The van der Waals surface area contributed by atoms with Gasteiger partial charge in [0, 0.05) is 21.4 Å². The molecule has 0 atom stereocenters. The average molecular weight is 359 g/mol. The van der Waals surface area contributed by atoms with Crippen molar-refractivity contribution in [2.75, 3.05) is 32.1 Å². The van der Waals surface area contributed by atoms with Gasteiger partial charge in [-0.2, -0.15) is 0 Å². The van der Waals surface area contributed by atoms with E-state index in [-0.39, 0.29) is 52.8 Å². The van der Waals surface area contributed by atoms with Crippen LogP contribution in [0.2, 0.25) is 5.02 Å². The maximum Gasteiger partial charge on any atom is 1.00 e. The minimum absolute atomic E-state index is 0. The summed E-state index contributed by atoms with van der Waals surface area (Å²) >= 11 is 8.03. The Morgan fingerprint density at radius 3 is 2.59 bits per heavy atom. The van der Waals surface area contributed by atoms with E-state index < -0.39 is 0 Å². The number of hydrogen-bond donors (Lipinski definition) is 0. The maximum absolute atomic E-state index is 6.21. The molecule has 0 saturated carbocycles. The van der Waals surface area contributed by atoms with Gasteiger partial charge in [0.05, 0.1) is 11.4 Å². The number of anilines is 2. The molecule has 3 rings (SSSR count). The predicted molar refractivity (Wildman–Crippen MR) is 93.3 cm³/mol. The van der Waals surface area contributed by atoms with Crippen molar-refractivity contribution in [3.63, 3.8) is 0 Å². The van der Waals surface area contributed by atoms with Crippen LogP contribution in [0.1, 0.15) is 7.85 Å². The molecule has 0 amide bonds. The molecule has 2 nitrogen and oxygen atoms in total. The number of benzene rings is 2. The molecule has 0 radical (unpaired) electrons. The molecular weight excluding hydrogens is 339 g/mol. The molecule has 0 aliphatic carbocycles. The Bertz CT molecular complexity index is 654. The number of nitrogens with zero attached hydrogens (tertiary/aromatic N) is 2. The summed E-state index contributed by atoms with van der Waals surface area (Å²) in [5.74, 6) is 0. The van der Waals surface area contributed by atoms with Gasteiger partial charge in [0.15, 0.2) is 0 Å². The monoisotopic (exact) mass is 358 g/mol. The van der Waals surface area contributed by atoms with E-state index in [1.165, 1.54) is 21.2 Å². The van der Waals surface area contributed by atoms with Crippen molar-refractivity contribution in [3.05, 3.63) is 47.5 Å². The molecule has 22 heavy (non-hydrogen) atoms. The van der Waals surface area contributed by atoms with Gasteiger partial charge in [-0.25, -0.2) is 0 Å². The van der Waals surface area contributed by atoms with E-state index >= 15 is 0 Å². The van der Waals surface area contributed by atoms with Gasteiger partial charge in [0.2, 0.25) is 0 Å². The van der Waals surface area contributed by atoms with Gasteiger partial charge in [-0.1, -0.05) is 35.5 Å². The van der Waals surface area contributed by atoms with Crippen LogP contribution >= 0.6 is 23.4 Å². The van der Waals surface area contributed by atoms with Crippen LogP contribution in [0.4, 0.5) is 11.4 Å². The predicted octanol–water partition coefficient (Wildman–Crippen LogP) is 2.01. The van der Waals surface area contributed by atoms with Crippen LogP contribution in [0.15, 0.2) is 52.3 Å². The van der Waals surface area contributed by atoms with Crippen molar-refractivity contribution in [3.8, 4) is 0 Å². The Balaban J connectivity index is 0.00000132. The number of rotatable bonds is 4. The van der Waals surface area contributed by atoms with Crippen LogP contribution in [-0.2, 0) is 0 Å². The van der Waals surface area contributed by atoms with E-state index in [1.54, 1.807) is 0 Å². The Hall–Kier alpha value is 0.476. The molecule has 1 heterocycles. The first-order valence-electron chi connectivity index (χ1n) is 7.14. The third-order valence-corrected chi connectivity index (χ3v) is 4.94. The van der Waals surface area contributed by atoms with Crippen molar-refractivity contribution in [2.45, 2.75) is 16.2 Å². The molecule has 0 saturated heterocycles. The molecule has 0 unspecified atom stereocenters. The van der Waals surface area contributed by atoms with E-state index in [4.69, 9.17) is 11.6 Å². The quantitative estimate of drug-likeness (QED) is 0.772. The normalized spacial score (nSPS) is 12.6. The SMILES string of the molecule is CN(C)CCCN1c2ccccc2Sc2ccc(Cl)cc21.[H-].[K+]. The first kappa shape index (κ1) is 18.8. The number of hydrogen-bond acceptors (Lipinski definition) is 3. The summed E-state index contributed by atoms with van der Waals surface area (Å²) in [6.07, 6.45) is 1.12. The van der Waals surface area contributed by atoms with Crippen LogP contribution in [0.3, 0.4) is 0 Å². The standard InChI is InChI=1S/C17H19ClN2S.K.H/c1-19(2)10-5-11-20-14-6-3-4-7-16(14)21-17-9-8-13(18)12-15(17)20;;/h3-4,6-9,12H,5,10-11H2,1-2H3;;/q;+1;-1. The molecule has 0 aromatic heterocycles. The van der Waals surface area contributed by atoms with E-state index in [9.17, 15) is 0 Å². The molecule has 1 aliphatic heterocycles. The second-order valence-electron chi connectivity index (χ2n) is 5.49. The van der Waals surface area contributed by atoms with Crippen molar-refractivity contribution >= 4 is 34.7 Å². The van der Waals surface area contributed by atoms with Crippen LogP contribution in [0.5, 0.6) is 0 Å². The summed E-state index contributed by atoms with van der Waals surface area (Å²) in [6, 6.07) is 14.8. The molecule has 1 aliphatic rings. The maximum atomic E-state index is 6.21. The van der Waals surface area contributed by atoms with Gasteiger partial charge < -0.3 is 11.2 Å². The second kappa shape index (κ2) is 8.54. The molecule has 0 bridgehead atoms. The van der Waals surface area contributed by atoms with E-state index in [0.717, 1.165) is 24.5 Å². The third-order valence-electron chi connectivity index (χ3n) is 3.57. The smallest absolute Gasteiger partial charge is 1.00 e. The molecule has 5 heteroatoms. The summed E-state index contributed by atoms with van der Waals surface area (Å²) in [5, 5.41) is 0.798. The van der Waals surface area contributed by atoms with Crippen molar-refractivity contribution < 1.29 is 52.8 Å². The summed E-state index contributed by atoms with van der Waals surface area (Å²) in [5.41, 5.74) is 2.51. The molecule has 2 aromatic rings. The zero-order valence-electron chi connectivity index (χ0n) is 14.3. The van der Waals surface area contributed by atoms with Gasteiger partial charge in [0.1, 0.15) is 0 Å². The van der Waals surface area contributed by atoms with Crippen LogP contribution in [0, 0.1) is 0 Å². The van der Waals surface area contributed by atoms with Crippen LogP contribution in [-0.4, -0.2) is 32.1 Å². The van der Waals surface area contributed by atoms with E-state index in [1.807, 2.05) is 17.8 Å². The Kier molecular flexibility index (Phi) is 7.30. The Morgan fingerprint density at radius 2 is 1.82 bits per heavy atom. The fraction of sp³-hybridized carbons (Fsp3) is 0.294. The molecule has 0 N–H and O–H groups in total. The second-order valence-corrected chi connectivity index (χ2v) is 7.01. The number of para-hydroxylation sites is 1. The molecule has 0 fully saturated rings. The molecule has 2 aromatic carbocycles. The minimum atomic E-state index is 0. The Labute approximate surface area is 186 Å². The first-order valence-corrected chi connectivity index (χ1v) is 8.33. The van der Waals surface area contributed by atoms with Gasteiger partial charge in [-0.15, -0.1) is 0 Å². The van der Waals surface area contributed by atoms with Gasteiger partial charge in [-0.05, 0) is 57.4 Å². The topological polar surface area (TPSA) is 6.48 Å². The number of fused-ring (bicyclic) bond motifs is 2. The molecule has 0 spiro atoms. The summed E-state index contributed by atoms with van der Waals surface area (Å²) in [7, 11) is 4.23. The van der Waals surface area contributed by atoms with Crippen molar-refractivity contribution in [1.29, 1.82) is 0 Å². The summed E-state index contributed by atoms with van der Waals surface area (Å²) in [4.78, 5) is 7.22. The first-order chi connectivity index (χ1) is 10.1. The zero-order chi connectivity index (χ0) is 14.8. The van der Waals surface area contributed by atoms with E-state index in [2.05, 4.69) is 60.3 Å². The van der Waals surface area contributed by atoms with E-state index in [0.29, 0.717) is 0 Å². The molecule has 112 valence electrons. The average Bonchev–Trinajstić information content (AvgIpc) is 2.46. The molecular formula is C17H20ClKN2S. The summed E-state index contributed by atoms with van der Waals surface area (Å²) < 4.78 is 0. The number of halogens is 1. The largest absolute Gasteiger partial charge is 1.00 e. The fourth-order valence-corrected chi connectivity index (χ4v) is 3.83. The van der Waals surface area contributed by atoms with Gasteiger partial charge in [-0.3, -0.25) is 0 Å². The zero-order valence-corrected chi connectivity index (χ0v) is 18.0. The van der Waals surface area contributed by atoms with Crippen molar-refractivity contribution in [2.24, 2.45) is 0 Å². The Morgan fingerprint density at radius 1 is 1.09 bits per heavy atom. The fourth-order valence-electron chi connectivity index (χ4n) is 2.59.